The van der Waals surface area contributed by atoms with Gasteiger partial charge in [0.1, 0.15) is 5.82 Å². The molecule has 0 aromatic heterocycles. The standard InChI is InChI=1S/C11H15FO/c1-8(9(2)13)7-10-5-3-4-6-11(10)12/h3-6,8-9,13H,7H2,1-2H3. The van der Waals surface area contributed by atoms with E-state index in [1.807, 2.05) is 13.0 Å². The Morgan fingerprint density at radius 3 is 2.46 bits per heavy atom. The fraction of sp³-hybridized carbons (Fsp3) is 0.455. The molecule has 1 aromatic rings. The van der Waals surface area contributed by atoms with Gasteiger partial charge in [0.25, 0.3) is 0 Å². The largest absolute Gasteiger partial charge is 0.393 e. The first-order valence-corrected chi connectivity index (χ1v) is 4.52. The average Bonchev–Trinajstić information content (AvgIpc) is 2.08. The first kappa shape index (κ1) is 10.2. The van der Waals surface area contributed by atoms with Crippen molar-refractivity contribution in [3.63, 3.8) is 0 Å². The molecule has 0 aliphatic rings. The molecule has 72 valence electrons. The van der Waals surface area contributed by atoms with Crippen molar-refractivity contribution in [1.82, 2.24) is 0 Å². The van der Waals surface area contributed by atoms with Crippen molar-refractivity contribution in [1.29, 1.82) is 0 Å². The van der Waals surface area contributed by atoms with E-state index in [1.165, 1.54) is 6.07 Å². The van der Waals surface area contributed by atoms with Gasteiger partial charge >= 0.3 is 0 Å². The zero-order chi connectivity index (χ0) is 9.84. The summed E-state index contributed by atoms with van der Waals surface area (Å²) < 4.78 is 13.1. The van der Waals surface area contributed by atoms with E-state index in [4.69, 9.17) is 0 Å². The van der Waals surface area contributed by atoms with Crippen molar-refractivity contribution >= 4 is 0 Å². The van der Waals surface area contributed by atoms with Crippen molar-refractivity contribution in [3.8, 4) is 0 Å². The number of hydrogen-bond donors (Lipinski definition) is 1. The van der Waals surface area contributed by atoms with Crippen LogP contribution in [0.4, 0.5) is 4.39 Å². The van der Waals surface area contributed by atoms with Gasteiger partial charge in [-0.15, -0.1) is 0 Å². The number of rotatable bonds is 3. The molecule has 13 heavy (non-hydrogen) atoms. The molecule has 0 saturated heterocycles. The Balaban J connectivity index is 2.69. The predicted octanol–water partition coefficient (Wildman–Crippen LogP) is 2.39. The summed E-state index contributed by atoms with van der Waals surface area (Å²) >= 11 is 0. The predicted molar refractivity (Wildman–Crippen MR) is 50.9 cm³/mol. The van der Waals surface area contributed by atoms with Gasteiger partial charge < -0.3 is 5.11 Å². The van der Waals surface area contributed by atoms with Crippen molar-refractivity contribution in [2.45, 2.75) is 26.4 Å². The van der Waals surface area contributed by atoms with E-state index >= 15 is 0 Å². The Hall–Kier alpha value is -0.890. The van der Waals surface area contributed by atoms with Gasteiger partial charge in [-0.1, -0.05) is 25.1 Å². The molecule has 0 fully saturated rings. The van der Waals surface area contributed by atoms with E-state index in [2.05, 4.69) is 0 Å². The maximum Gasteiger partial charge on any atom is 0.126 e. The zero-order valence-corrected chi connectivity index (χ0v) is 8.00. The summed E-state index contributed by atoms with van der Waals surface area (Å²) in [6.07, 6.45) is 0.198. The molecule has 0 saturated carbocycles. The van der Waals surface area contributed by atoms with Crippen LogP contribution in [0.3, 0.4) is 0 Å². The molecule has 0 heterocycles. The summed E-state index contributed by atoms with van der Waals surface area (Å²) in [5.41, 5.74) is 0.677. The Morgan fingerprint density at radius 2 is 1.92 bits per heavy atom. The van der Waals surface area contributed by atoms with Crippen LogP contribution in [0, 0.1) is 11.7 Å². The van der Waals surface area contributed by atoms with Gasteiger partial charge in [0.15, 0.2) is 0 Å². The number of aliphatic hydroxyl groups is 1. The summed E-state index contributed by atoms with van der Waals surface area (Å²) in [4.78, 5) is 0. The number of hydrogen-bond acceptors (Lipinski definition) is 1. The van der Waals surface area contributed by atoms with Crippen LogP contribution in [0.15, 0.2) is 24.3 Å². The smallest absolute Gasteiger partial charge is 0.126 e. The van der Waals surface area contributed by atoms with Crippen LogP contribution >= 0.6 is 0 Å². The number of benzene rings is 1. The second kappa shape index (κ2) is 4.38. The third-order valence-corrected chi connectivity index (χ3v) is 2.32. The molecule has 0 aliphatic heterocycles. The molecule has 0 aliphatic carbocycles. The molecule has 0 bridgehead atoms. The van der Waals surface area contributed by atoms with Crippen LogP contribution in [0.5, 0.6) is 0 Å². The minimum atomic E-state index is -0.389. The van der Waals surface area contributed by atoms with Crippen molar-refractivity contribution in [2.75, 3.05) is 0 Å². The van der Waals surface area contributed by atoms with Crippen LogP contribution < -0.4 is 0 Å². The first-order chi connectivity index (χ1) is 6.11. The third kappa shape index (κ3) is 2.81. The summed E-state index contributed by atoms with van der Waals surface area (Å²) in [7, 11) is 0. The molecule has 0 radical (unpaired) electrons. The molecule has 2 unspecified atom stereocenters. The molecule has 0 spiro atoms. The normalized spacial score (nSPS) is 15.4. The molecule has 1 aromatic carbocycles. The van der Waals surface area contributed by atoms with Crippen LogP contribution in [0.2, 0.25) is 0 Å². The molecule has 1 rings (SSSR count). The minimum Gasteiger partial charge on any atom is -0.393 e. The highest BCUT2D eigenvalue weighted by atomic mass is 19.1. The molecule has 2 atom stereocenters. The highest BCUT2D eigenvalue weighted by molar-refractivity contribution is 5.17. The Morgan fingerprint density at radius 1 is 1.31 bits per heavy atom. The van der Waals surface area contributed by atoms with Gasteiger partial charge in [0.2, 0.25) is 0 Å². The zero-order valence-electron chi connectivity index (χ0n) is 8.00. The van der Waals surface area contributed by atoms with Crippen LogP contribution in [0.25, 0.3) is 0 Å². The molecule has 1 N–H and O–H groups in total. The van der Waals surface area contributed by atoms with Crippen LogP contribution in [-0.2, 0) is 6.42 Å². The van der Waals surface area contributed by atoms with Gasteiger partial charge in [-0.2, -0.15) is 0 Å². The quantitative estimate of drug-likeness (QED) is 0.761. The van der Waals surface area contributed by atoms with Gasteiger partial charge in [-0.3, -0.25) is 0 Å². The summed E-state index contributed by atoms with van der Waals surface area (Å²) in [6.45, 7) is 3.64. The lowest BCUT2D eigenvalue weighted by molar-refractivity contribution is 0.134. The summed E-state index contributed by atoms with van der Waals surface area (Å²) in [6, 6.07) is 6.69. The summed E-state index contributed by atoms with van der Waals surface area (Å²) in [5.74, 6) is -0.0908. The van der Waals surface area contributed by atoms with Crippen molar-refractivity contribution < 1.29 is 9.50 Å². The Bertz CT molecular complexity index is 271. The third-order valence-electron chi connectivity index (χ3n) is 2.32. The topological polar surface area (TPSA) is 20.2 Å². The monoisotopic (exact) mass is 182 g/mol. The SMILES string of the molecule is CC(O)C(C)Cc1ccccc1F. The van der Waals surface area contributed by atoms with Gasteiger partial charge in [0.05, 0.1) is 6.10 Å². The second-order valence-electron chi connectivity index (χ2n) is 3.51. The van der Waals surface area contributed by atoms with E-state index in [1.54, 1.807) is 19.1 Å². The number of halogens is 1. The second-order valence-corrected chi connectivity index (χ2v) is 3.51. The number of aliphatic hydroxyl groups excluding tert-OH is 1. The van der Waals surface area contributed by atoms with E-state index in [0.29, 0.717) is 12.0 Å². The van der Waals surface area contributed by atoms with Crippen molar-refractivity contribution in [2.24, 2.45) is 5.92 Å². The maximum absolute atomic E-state index is 13.1. The van der Waals surface area contributed by atoms with Crippen LogP contribution in [0.1, 0.15) is 19.4 Å². The lowest BCUT2D eigenvalue weighted by Crippen LogP contribution is -2.16. The molecule has 0 amide bonds. The average molecular weight is 182 g/mol. The molecule has 1 nitrogen and oxygen atoms in total. The van der Waals surface area contributed by atoms with Crippen LogP contribution in [-0.4, -0.2) is 11.2 Å². The molecular weight excluding hydrogens is 167 g/mol. The van der Waals surface area contributed by atoms with Gasteiger partial charge in [0, 0.05) is 0 Å². The highest BCUT2D eigenvalue weighted by Gasteiger charge is 2.11. The van der Waals surface area contributed by atoms with Crippen molar-refractivity contribution in [3.05, 3.63) is 35.6 Å². The van der Waals surface area contributed by atoms with Gasteiger partial charge in [-0.05, 0) is 30.9 Å². The van der Waals surface area contributed by atoms with E-state index < -0.39 is 0 Å². The van der Waals surface area contributed by atoms with E-state index in [9.17, 15) is 9.50 Å². The fourth-order valence-electron chi connectivity index (χ4n) is 1.18. The Labute approximate surface area is 78.2 Å². The highest BCUT2D eigenvalue weighted by Crippen LogP contribution is 2.14. The van der Waals surface area contributed by atoms with E-state index in [0.717, 1.165) is 0 Å². The Kier molecular flexibility index (Phi) is 3.43. The fourth-order valence-corrected chi connectivity index (χ4v) is 1.18. The first-order valence-electron chi connectivity index (χ1n) is 4.52. The lowest BCUT2D eigenvalue weighted by Gasteiger charge is -2.14. The minimum absolute atomic E-state index is 0.0944. The molecular formula is C11H15FO. The lowest BCUT2D eigenvalue weighted by atomic mass is 9.96. The van der Waals surface area contributed by atoms with E-state index in [-0.39, 0.29) is 17.8 Å². The summed E-state index contributed by atoms with van der Waals surface area (Å²) in [5, 5.41) is 9.25. The molecule has 2 heteroatoms. The maximum atomic E-state index is 13.1. The van der Waals surface area contributed by atoms with Gasteiger partial charge in [-0.25, -0.2) is 4.39 Å².